The zero-order valence-corrected chi connectivity index (χ0v) is 59.3. The number of benzene rings is 3. The maximum atomic E-state index is 14.9. The number of fused-ring (bicyclic) bond motifs is 7. The number of H-pyrrole nitrogens is 1. The Hall–Kier alpha value is -6.72. The third-order valence-corrected chi connectivity index (χ3v) is 20.7. The third kappa shape index (κ3) is 19.6. The second-order valence-corrected chi connectivity index (χ2v) is 29.0. The SMILES string of the molecule is COc1cc2cc(c1Cl)N(C)C(=O)C[C@H](OC(=O)C(C)N(C)C(=O)CCSSCCOCCOCCOCCC(=O)NCCNc1ncc(-c3cc(C)cc(F)c3)c(N3CCC(N)CC3)c1-c1nc3ccc(Cl)cc3[nH]1)C1(C)CC(C)(O1)C1C[C@](O)(C/C=C/C=C(\C)C2)NC(=O)O1. The number of halogens is 3. The Morgan fingerprint density at radius 2 is 1.68 bits per heavy atom. The van der Waals surface area contributed by atoms with Crippen LogP contribution in [-0.4, -0.2) is 194 Å². The topological polar surface area (TPSA) is 284 Å². The number of imidazole rings is 1. The van der Waals surface area contributed by atoms with E-state index >= 15 is 0 Å². The highest BCUT2D eigenvalue weighted by molar-refractivity contribution is 8.76. The number of pyridine rings is 1. The number of aliphatic hydroxyl groups is 1. The lowest BCUT2D eigenvalue weighted by atomic mass is 9.72. The van der Waals surface area contributed by atoms with Gasteiger partial charge in [0.1, 0.15) is 63.4 Å². The molecule has 23 nitrogen and oxygen atoms in total. The van der Waals surface area contributed by atoms with Gasteiger partial charge in [0.2, 0.25) is 17.7 Å². The van der Waals surface area contributed by atoms with E-state index in [0.717, 1.165) is 51.8 Å². The van der Waals surface area contributed by atoms with Gasteiger partial charge in [-0.25, -0.2) is 23.9 Å². The van der Waals surface area contributed by atoms with Gasteiger partial charge in [0.05, 0.1) is 81.1 Å². The maximum absolute atomic E-state index is 14.9. The smallest absolute Gasteiger partial charge is 0.409 e. The van der Waals surface area contributed by atoms with Crippen LogP contribution >= 0.6 is 44.8 Å². The van der Waals surface area contributed by atoms with Crippen molar-refractivity contribution in [3.8, 4) is 28.3 Å². The van der Waals surface area contributed by atoms with Crippen LogP contribution in [0.3, 0.4) is 0 Å². The molecule has 3 aromatic carbocycles. The summed E-state index contributed by atoms with van der Waals surface area (Å²) in [6, 6.07) is 13.0. The number of amides is 4. The first kappa shape index (κ1) is 74.5. The average molecular weight is 1420 g/mol. The van der Waals surface area contributed by atoms with Crippen LogP contribution in [-0.2, 0) is 54.0 Å². The van der Waals surface area contributed by atoms with Crippen LogP contribution in [0.1, 0.15) is 90.2 Å². The van der Waals surface area contributed by atoms with E-state index in [1.165, 1.54) is 46.9 Å². The molecule has 7 heterocycles. The number of nitrogens with zero attached hydrogens (tertiary/aromatic N) is 5. The molecule has 3 saturated heterocycles. The number of ether oxygens (including phenoxy) is 7. The van der Waals surface area contributed by atoms with Crippen molar-refractivity contribution in [3.63, 3.8) is 0 Å². The number of aromatic amines is 1. The van der Waals surface area contributed by atoms with E-state index in [9.17, 15) is 33.5 Å². The molecule has 0 radical (unpaired) electrons. The molecule has 6 atom stereocenters. The molecule has 6 bridgehead atoms. The minimum absolute atomic E-state index is 0.00241. The van der Waals surface area contributed by atoms with Gasteiger partial charge in [-0.2, -0.15) is 0 Å². The molecular formula is C69H89Cl2FN10O13S2. The number of allylic oxidation sites excluding steroid dienone is 3. The summed E-state index contributed by atoms with van der Waals surface area (Å²) in [6.07, 6.45) is 6.60. The number of aryl methyl sites for hydroxylation is 1. The van der Waals surface area contributed by atoms with Gasteiger partial charge >= 0.3 is 12.1 Å². The predicted octanol–water partition coefficient (Wildman–Crippen LogP) is 10.1. The van der Waals surface area contributed by atoms with E-state index < -0.39 is 53.1 Å². The number of anilines is 3. The summed E-state index contributed by atoms with van der Waals surface area (Å²) in [6.45, 7) is 12.9. The fraction of sp³-hybridized carbons (Fsp3) is 0.522. The van der Waals surface area contributed by atoms with E-state index in [-0.39, 0.29) is 73.8 Å². The van der Waals surface area contributed by atoms with E-state index in [1.54, 1.807) is 75.2 Å². The Balaban J connectivity index is 0.664. The number of nitrogens with one attached hydrogen (secondary N) is 4. The number of piperidine rings is 1. The number of carbonyl (C=O) groups excluding carboxylic acids is 5. The molecule has 10 rings (SSSR count). The van der Waals surface area contributed by atoms with Crippen LogP contribution in [0.2, 0.25) is 10.0 Å². The summed E-state index contributed by atoms with van der Waals surface area (Å²) < 4.78 is 56.1. The summed E-state index contributed by atoms with van der Waals surface area (Å²) >= 11 is 13.2. The lowest BCUT2D eigenvalue weighted by Gasteiger charge is -2.59. The first-order valence-electron chi connectivity index (χ1n) is 32.6. The van der Waals surface area contributed by atoms with Crippen molar-refractivity contribution in [1.82, 2.24) is 30.5 Å². The van der Waals surface area contributed by atoms with Crippen molar-refractivity contribution in [3.05, 3.63) is 106 Å². The van der Waals surface area contributed by atoms with Crippen LogP contribution < -0.4 is 36.2 Å². The summed E-state index contributed by atoms with van der Waals surface area (Å²) in [5.74, 6) is 0.596. The number of hydrogen-bond donors (Lipinski definition) is 6. The number of aromatic nitrogens is 3. The highest BCUT2D eigenvalue weighted by atomic mass is 35.5. The van der Waals surface area contributed by atoms with Gasteiger partial charge in [0.15, 0.2) is 0 Å². The third-order valence-electron chi connectivity index (χ3n) is 17.8. The molecule has 2 aromatic heterocycles. The van der Waals surface area contributed by atoms with Crippen LogP contribution in [0.25, 0.3) is 33.5 Å². The summed E-state index contributed by atoms with van der Waals surface area (Å²) in [7, 11) is 7.65. The molecular weight excluding hydrogens is 1330 g/mol. The summed E-state index contributed by atoms with van der Waals surface area (Å²) in [4.78, 5) is 85.9. The van der Waals surface area contributed by atoms with Gasteiger partial charge in [-0.05, 0) is 113 Å². The Kier molecular flexibility index (Phi) is 26.0. The zero-order valence-electron chi connectivity index (χ0n) is 56.2. The van der Waals surface area contributed by atoms with E-state index in [0.29, 0.717) is 116 Å². The zero-order chi connectivity index (χ0) is 69.6. The van der Waals surface area contributed by atoms with Crippen LogP contribution in [0, 0.1) is 12.7 Å². The molecule has 4 unspecified atom stereocenters. The number of alkyl carbamates (subject to hydrolysis) is 1. The second kappa shape index (κ2) is 33.9. The number of carbonyl (C=O) groups is 5. The number of likely N-dealkylation sites (N-methyl/N-ethyl adjacent to an activating group) is 1. The number of hydrogen-bond acceptors (Lipinski definition) is 20. The van der Waals surface area contributed by atoms with Crippen molar-refractivity contribution >= 4 is 103 Å². The monoisotopic (exact) mass is 1420 g/mol. The largest absolute Gasteiger partial charge is 0.495 e. The molecule has 0 aliphatic carbocycles. The number of nitrogens with two attached hydrogens (primary N) is 1. The molecule has 4 amide bonds. The van der Waals surface area contributed by atoms with E-state index in [1.807, 2.05) is 38.1 Å². The van der Waals surface area contributed by atoms with Gasteiger partial charge in [0.25, 0.3) is 0 Å². The minimum atomic E-state index is -1.64. The standard InChI is InChI=1S/C69H89Cl2FN10O13S2/c1-42-11-9-10-18-69(88)39-56(94-66(87)79-69)68(5)41-67(4,95-68)55(38-59(85)81(7)53-34-45(31-42)35-54(89-8)61(53)71)93-65(86)44(3)80(6)58(84)17-29-96-97-30-28-92-27-26-91-25-24-90-23-16-57(83)74-19-20-75-63-60(64-77-51-13-12-47(70)37-52(51)78-64)62(82-21-14-49(73)15-22-82)50(40-76-63)46-32-43(2)33-48(72)36-46/h9-13,32-37,40,44,49,55-56,88H,14-31,38-39,41,73H2,1-8H3,(H,74,83)(H,75,76)(H,77,78)(H,79,87)/b10-9+,42-11+/t44?,55-,56?,67?,68?,69+/m0/s1. The first-order chi connectivity index (χ1) is 46.3. The van der Waals surface area contributed by atoms with Gasteiger partial charge in [-0.3, -0.25) is 19.7 Å². The number of rotatable bonds is 27. The van der Waals surface area contributed by atoms with Crippen molar-refractivity contribution in [2.45, 2.75) is 134 Å². The molecule has 97 heavy (non-hydrogen) atoms. The summed E-state index contributed by atoms with van der Waals surface area (Å²) in [5, 5.41) is 21.3. The molecule has 5 aliphatic rings. The molecule has 5 aliphatic heterocycles. The lowest BCUT2D eigenvalue weighted by molar-refractivity contribution is -0.326. The van der Waals surface area contributed by atoms with Crippen molar-refractivity contribution < 1.29 is 66.6 Å². The molecule has 526 valence electrons. The molecule has 0 saturated carbocycles. The Morgan fingerprint density at radius 1 is 0.959 bits per heavy atom. The fourth-order valence-electron chi connectivity index (χ4n) is 12.4. The predicted molar refractivity (Wildman–Crippen MR) is 377 cm³/mol. The van der Waals surface area contributed by atoms with Crippen molar-refractivity contribution in [2.24, 2.45) is 5.73 Å². The highest BCUT2D eigenvalue weighted by Gasteiger charge is 2.62. The molecule has 28 heteroatoms. The molecule has 3 fully saturated rings. The van der Waals surface area contributed by atoms with E-state index in [4.69, 9.17) is 72.1 Å². The normalized spacial score (nSPS) is 22.8. The number of methoxy groups -OCH3 is 1. The van der Waals surface area contributed by atoms with Crippen molar-refractivity contribution in [1.29, 1.82) is 0 Å². The average Bonchev–Trinajstić information content (AvgIpc) is 1.02. The summed E-state index contributed by atoms with van der Waals surface area (Å²) in [5.41, 5.74) is 9.74. The highest BCUT2D eigenvalue weighted by Crippen LogP contribution is 2.51. The van der Waals surface area contributed by atoms with E-state index in [2.05, 4.69) is 25.8 Å². The number of esters is 1. The Bertz CT molecular complexity index is 3660. The maximum Gasteiger partial charge on any atom is 0.409 e. The minimum Gasteiger partial charge on any atom is -0.495 e. The van der Waals surface area contributed by atoms with Crippen LogP contribution in [0.4, 0.5) is 26.4 Å². The second-order valence-electron chi connectivity index (χ2n) is 25.5. The van der Waals surface area contributed by atoms with Crippen LogP contribution in [0.15, 0.2) is 78.5 Å². The molecule has 7 N–H and O–H groups in total. The first-order valence-corrected chi connectivity index (χ1v) is 35.9. The van der Waals surface area contributed by atoms with Crippen LogP contribution in [0.5, 0.6) is 5.75 Å². The lowest BCUT2D eigenvalue weighted by Crippen LogP contribution is -2.71. The van der Waals surface area contributed by atoms with Gasteiger partial charge in [0, 0.05) is 107 Å². The van der Waals surface area contributed by atoms with Gasteiger partial charge in [-0.15, -0.1) is 0 Å². The fourth-order valence-corrected chi connectivity index (χ4v) is 14.8. The quantitative estimate of drug-likeness (QED) is 0.0162. The molecule has 5 aromatic rings. The Morgan fingerprint density at radius 3 is 2.41 bits per heavy atom. The van der Waals surface area contributed by atoms with Crippen molar-refractivity contribution in [2.75, 3.05) is 114 Å². The Labute approximate surface area is 583 Å². The van der Waals surface area contributed by atoms with Gasteiger partial charge in [-0.1, -0.05) is 74.7 Å². The van der Waals surface area contributed by atoms with Gasteiger partial charge < -0.3 is 74.3 Å². The molecule has 0 spiro atoms.